The van der Waals surface area contributed by atoms with Gasteiger partial charge in [0.15, 0.2) is 17.6 Å². The molecular formula is C21H22N2O5. The fraction of sp³-hybridized carbons (Fsp3) is 0.333. The second-order valence-electron chi connectivity index (χ2n) is 6.69. The zero-order valence-corrected chi connectivity index (χ0v) is 15.6. The van der Waals surface area contributed by atoms with Crippen molar-refractivity contribution in [2.75, 3.05) is 18.2 Å². The molecule has 2 amide bonds. The molecular weight excluding hydrogens is 360 g/mol. The van der Waals surface area contributed by atoms with Crippen molar-refractivity contribution in [1.29, 1.82) is 0 Å². The maximum Gasteiger partial charge on any atom is 0.268 e. The lowest BCUT2D eigenvalue weighted by Crippen LogP contribution is -2.46. The molecule has 0 fully saturated rings. The number of benzene rings is 2. The highest BCUT2D eigenvalue weighted by molar-refractivity contribution is 6.00. The molecule has 2 heterocycles. The molecule has 4 rings (SSSR count). The van der Waals surface area contributed by atoms with E-state index in [9.17, 15) is 9.59 Å². The number of nitrogens with one attached hydrogen (secondary N) is 1. The van der Waals surface area contributed by atoms with Crippen LogP contribution in [0.4, 0.5) is 5.69 Å². The molecule has 1 N–H and O–H groups in total. The number of fused-ring (bicyclic) bond motifs is 2. The molecule has 1 unspecified atom stereocenters. The third-order valence-electron chi connectivity index (χ3n) is 4.83. The number of hydrogen-bond donors (Lipinski definition) is 1. The van der Waals surface area contributed by atoms with Crippen LogP contribution < -0.4 is 24.4 Å². The minimum atomic E-state index is -0.508. The summed E-state index contributed by atoms with van der Waals surface area (Å²) in [6.45, 7) is 2.83. The Morgan fingerprint density at radius 2 is 1.96 bits per heavy atom. The Labute approximate surface area is 163 Å². The molecule has 2 aliphatic rings. The highest BCUT2D eigenvalue weighted by Crippen LogP contribution is 2.34. The molecule has 0 aromatic heterocycles. The fourth-order valence-corrected chi connectivity index (χ4v) is 3.32. The Hall–Kier alpha value is -3.22. The van der Waals surface area contributed by atoms with E-state index in [4.69, 9.17) is 14.2 Å². The van der Waals surface area contributed by atoms with Crippen LogP contribution in [-0.4, -0.2) is 31.3 Å². The molecule has 2 aromatic rings. The van der Waals surface area contributed by atoms with Crippen LogP contribution in [0.5, 0.6) is 17.2 Å². The van der Waals surface area contributed by atoms with Gasteiger partial charge in [0.2, 0.25) is 12.7 Å². The number of anilines is 1. The topological polar surface area (TPSA) is 77.1 Å². The van der Waals surface area contributed by atoms with E-state index in [1.807, 2.05) is 49.4 Å². The normalized spacial score (nSPS) is 17.1. The molecule has 7 nitrogen and oxygen atoms in total. The third-order valence-corrected chi connectivity index (χ3v) is 4.83. The Morgan fingerprint density at radius 3 is 2.82 bits per heavy atom. The summed E-state index contributed by atoms with van der Waals surface area (Å²) in [5.41, 5.74) is 1.64. The van der Waals surface area contributed by atoms with Crippen LogP contribution in [0.2, 0.25) is 0 Å². The molecule has 2 aromatic carbocycles. The minimum absolute atomic E-state index is 0.107. The Morgan fingerprint density at radius 1 is 1.14 bits per heavy atom. The van der Waals surface area contributed by atoms with Crippen molar-refractivity contribution in [2.45, 2.75) is 32.4 Å². The monoisotopic (exact) mass is 382 g/mol. The van der Waals surface area contributed by atoms with Gasteiger partial charge in [0.05, 0.1) is 5.69 Å². The molecule has 0 saturated heterocycles. The molecule has 146 valence electrons. The highest BCUT2D eigenvalue weighted by atomic mass is 16.7. The van der Waals surface area contributed by atoms with Crippen molar-refractivity contribution < 1.29 is 23.8 Å². The Kier molecular flexibility index (Phi) is 5.06. The fourth-order valence-electron chi connectivity index (χ4n) is 3.32. The number of nitrogens with zero attached hydrogens (tertiary/aromatic N) is 1. The van der Waals surface area contributed by atoms with Crippen molar-refractivity contribution in [3.05, 3.63) is 48.0 Å². The Bertz CT molecular complexity index is 898. The third kappa shape index (κ3) is 3.60. The number of rotatable bonds is 6. The first-order valence-electron chi connectivity index (χ1n) is 9.38. The Balaban J connectivity index is 1.35. The van der Waals surface area contributed by atoms with Crippen molar-refractivity contribution in [3.8, 4) is 17.2 Å². The highest BCUT2D eigenvalue weighted by Gasteiger charge is 2.33. The van der Waals surface area contributed by atoms with Crippen molar-refractivity contribution in [1.82, 2.24) is 5.32 Å². The van der Waals surface area contributed by atoms with E-state index in [2.05, 4.69) is 5.32 Å². The van der Waals surface area contributed by atoms with Crippen molar-refractivity contribution >= 4 is 17.5 Å². The van der Waals surface area contributed by atoms with E-state index in [1.165, 1.54) is 0 Å². The second kappa shape index (κ2) is 7.80. The first-order valence-corrected chi connectivity index (χ1v) is 9.38. The largest absolute Gasteiger partial charge is 0.478 e. The van der Waals surface area contributed by atoms with Crippen LogP contribution >= 0.6 is 0 Å². The first-order chi connectivity index (χ1) is 13.7. The van der Waals surface area contributed by atoms with Gasteiger partial charge >= 0.3 is 0 Å². The summed E-state index contributed by atoms with van der Waals surface area (Å²) in [4.78, 5) is 26.6. The summed E-state index contributed by atoms with van der Waals surface area (Å²) >= 11 is 0. The maximum atomic E-state index is 12.7. The molecule has 0 bridgehead atoms. The lowest BCUT2D eigenvalue weighted by Gasteiger charge is -2.33. The van der Waals surface area contributed by atoms with Gasteiger partial charge in [-0.05, 0) is 36.2 Å². The summed E-state index contributed by atoms with van der Waals surface area (Å²) < 4.78 is 16.4. The molecule has 0 spiro atoms. The smallest absolute Gasteiger partial charge is 0.268 e. The van der Waals surface area contributed by atoms with E-state index in [-0.39, 0.29) is 25.0 Å². The molecule has 0 aliphatic carbocycles. The van der Waals surface area contributed by atoms with Gasteiger partial charge in [-0.3, -0.25) is 9.59 Å². The van der Waals surface area contributed by atoms with Crippen LogP contribution in [0.15, 0.2) is 42.5 Å². The zero-order chi connectivity index (χ0) is 19.5. The quantitative estimate of drug-likeness (QED) is 0.831. The predicted molar refractivity (Wildman–Crippen MR) is 103 cm³/mol. The lowest BCUT2D eigenvalue weighted by molar-refractivity contribution is -0.126. The van der Waals surface area contributed by atoms with Crippen LogP contribution in [0.25, 0.3) is 0 Å². The summed E-state index contributed by atoms with van der Waals surface area (Å²) in [6.07, 6.45) is 0.285. The zero-order valence-electron chi connectivity index (χ0n) is 15.6. The van der Waals surface area contributed by atoms with E-state index in [1.54, 1.807) is 4.90 Å². The van der Waals surface area contributed by atoms with Crippen molar-refractivity contribution in [2.24, 2.45) is 0 Å². The van der Waals surface area contributed by atoms with E-state index < -0.39 is 6.10 Å². The summed E-state index contributed by atoms with van der Waals surface area (Å²) in [5, 5.41) is 2.89. The van der Waals surface area contributed by atoms with Crippen LogP contribution in [0.1, 0.15) is 25.3 Å². The van der Waals surface area contributed by atoms with Gasteiger partial charge in [0.25, 0.3) is 5.91 Å². The van der Waals surface area contributed by atoms with Crippen LogP contribution in [-0.2, 0) is 16.1 Å². The van der Waals surface area contributed by atoms with E-state index in [0.29, 0.717) is 42.4 Å². The van der Waals surface area contributed by atoms with Crippen LogP contribution in [0, 0.1) is 0 Å². The SMILES string of the molecule is CCC1Oc2ccccc2N(CCC(=O)NCc2ccc3c(c2)OCO3)C1=O. The second-order valence-corrected chi connectivity index (χ2v) is 6.69. The van der Waals surface area contributed by atoms with Gasteiger partial charge in [-0.25, -0.2) is 0 Å². The molecule has 0 radical (unpaired) electrons. The molecule has 1 atom stereocenters. The predicted octanol–water partition coefficient (Wildman–Crippen LogP) is 2.63. The average molecular weight is 382 g/mol. The molecule has 7 heteroatoms. The van der Waals surface area contributed by atoms with Gasteiger partial charge in [-0.2, -0.15) is 0 Å². The number of amides is 2. The van der Waals surface area contributed by atoms with Crippen molar-refractivity contribution in [3.63, 3.8) is 0 Å². The van der Waals surface area contributed by atoms with Gasteiger partial charge < -0.3 is 24.4 Å². The number of carbonyl (C=O) groups is 2. The number of ether oxygens (including phenoxy) is 3. The molecule has 2 aliphatic heterocycles. The van der Waals surface area contributed by atoms with E-state index >= 15 is 0 Å². The molecule has 28 heavy (non-hydrogen) atoms. The molecule has 0 saturated carbocycles. The number of para-hydroxylation sites is 2. The summed E-state index contributed by atoms with van der Waals surface area (Å²) in [5.74, 6) is 1.85. The van der Waals surface area contributed by atoms with Gasteiger partial charge in [-0.1, -0.05) is 25.1 Å². The minimum Gasteiger partial charge on any atom is -0.478 e. The maximum absolute atomic E-state index is 12.7. The first kappa shape index (κ1) is 18.2. The van der Waals surface area contributed by atoms with Gasteiger partial charge in [0.1, 0.15) is 5.75 Å². The summed E-state index contributed by atoms with van der Waals surface area (Å²) in [6, 6.07) is 13.0. The van der Waals surface area contributed by atoms with Gasteiger partial charge in [0, 0.05) is 19.5 Å². The number of carbonyl (C=O) groups excluding carboxylic acids is 2. The average Bonchev–Trinajstić information content (AvgIpc) is 3.19. The van der Waals surface area contributed by atoms with Gasteiger partial charge in [-0.15, -0.1) is 0 Å². The standard InChI is InChI=1S/C21H22N2O5/c1-2-16-21(25)23(15-5-3-4-6-17(15)28-16)10-9-20(24)22-12-14-7-8-18-19(11-14)27-13-26-18/h3-8,11,16H,2,9-10,12-13H2,1H3,(H,22,24). The lowest BCUT2D eigenvalue weighted by atomic mass is 10.1. The number of hydrogen-bond acceptors (Lipinski definition) is 5. The summed E-state index contributed by atoms with van der Waals surface area (Å²) in [7, 11) is 0. The van der Waals surface area contributed by atoms with E-state index in [0.717, 1.165) is 5.56 Å². The van der Waals surface area contributed by atoms with Crippen LogP contribution in [0.3, 0.4) is 0 Å².